The van der Waals surface area contributed by atoms with Crippen molar-refractivity contribution in [2.45, 2.75) is 33.1 Å². The molecule has 22 heavy (non-hydrogen) atoms. The summed E-state index contributed by atoms with van der Waals surface area (Å²) in [5, 5.41) is 7.15. The highest BCUT2D eigenvalue weighted by Gasteiger charge is 2.26. The van der Waals surface area contributed by atoms with Gasteiger partial charge in [0.1, 0.15) is 5.69 Å². The summed E-state index contributed by atoms with van der Waals surface area (Å²) < 4.78 is 0. The first kappa shape index (κ1) is 14.8. The van der Waals surface area contributed by atoms with Crippen LogP contribution in [0.25, 0.3) is 0 Å². The molecule has 5 heteroatoms. The zero-order chi connectivity index (χ0) is 15.5. The van der Waals surface area contributed by atoms with Crippen molar-refractivity contribution in [3.8, 4) is 0 Å². The molecule has 116 valence electrons. The molecule has 0 aromatic carbocycles. The predicted molar refractivity (Wildman–Crippen MR) is 84.6 cm³/mol. The molecule has 2 aromatic rings. The Morgan fingerprint density at radius 2 is 2.27 bits per heavy atom. The van der Waals surface area contributed by atoms with Crippen LogP contribution in [0.3, 0.4) is 0 Å². The maximum absolute atomic E-state index is 12.6. The maximum atomic E-state index is 12.6. The number of hydrogen-bond acceptors (Lipinski definition) is 3. The van der Waals surface area contributed by atoms with E-state index in [4.69, 9.17) is 0 Å². The average Bonchev–Trinajstić information content (AvgIpc) is 2.92. The van der Waals surface area contributed by atoms with E-state index in [9.17, 15) is 4.79 Å². The molecule has 3 heterocycles. The zero-order valence-corrected chi connectivity index (χ0v) is 13.2. The Labute approximate surface area is 130 Å². The molecule has 0 spiro atoms. The standard InChI is InChI=1S/C17H22N4O/c1-12-10-18-20-16(12)9-14-6-4-8-21(11-14)17(22)15-7-3-5-13(2)19-15/h3,5,7,10,14H,4,6,8-9,11H2,1-2H3,(H,18,20)/t14-/m1/s1. The number of likely N-dealkylation sites (tertiary alicyclic amines) is 1. The van der Waals surface area contributed by atoms with Gasteiger partial charge in [0.2, 0.25) is 0 Å². The first-order valence-electron chi connectivity index (χ1n) is 7.85. The summed E-state index contributed by atoms with van der Waals surface area (Å²) in [5.74, 6) is 0.538. The van der Waals surface area contributed by atoms with Crippen LogP contribution in [0.1, 0.15) is 40.3 Å². The fourth-order valence-electron chi connectivity index (χ4n) is 3.11. The number of aromatic amines is 1. The summed E-state index contributed by atoms with van der Waals surface area (Å²) in [7, 11) is 0. The van der Waals surface area contributed by atoms with Gasteiger partial charge in [-0.05, 0) is 56.7 Å². The largest absolute Gasteiger partial charge is 0.337 e. The van der Waals surface area contributed by atoms with Gasteiger partial charge < -0.3 is 4.90 Å². The number of nitrogens with zero attached hydrogens (tertiary/aromatic N) is 3. The normalized spacial score (nSPS) is 18.5. The minimum absolute atomic E-state index is 0.0507. The molecule has 1 aliphatic heterocycles. The van der Waals surface area contributed by atoms with Gasteiger partial charge in [0.25, 0.3) is 5.91 Å². The summed E-state index contributed by atoms with van der Waals surface area (Å²) in [6.45, 7) is 5.61. The number of pyridine rings is 1. The number of piperidine rings is 1. The monoisotopic (exact) mass is 298 g/mol. The second-order valence-electron chi connectivity index (χ2n) is 6.16. The van der Waals surface area contributed by atoms with E-state index in [0.717, 1.165) is 38.0 Å². The summed E-state index contributed by atoms with van der Waals surface area (Å²) in [6.07, 6.45) is 5.02. The van der Waals surface area contributed by atoms with E-state index in [0.29, 0.717) is 11.6 Å². The number of H-pyrrole nitrogens is 1. The number of carbonyl (C=O) groups excluding carboxylic acids is 1. The topological polar surface area (TPSA) is 61.9 Å². The van der Waals surface area contributed by atoms with Crippen molar-refractivity contribution in [2.75, 3.05) is 13.1 Å². The van der Waals surface area contributed by atoms with Crippen LogP contribution in [0.5, 0.6) is 0 Å². The van der Waals surface area contributed by atoms with Gasteiger partial charge in [-0.2, -0.15) is 5.10 Å². The lowest BCUT2D eigenvalue weighted by Crippen LogP contribution is -2.41. The van der Waals surface area contributed by atoms with Gasteiger partial charge in [0.05, 0.1) is 6.20 Å². The molecule has 0 bridgehead atoms. The van der Waals surface area contributed by atoms with E-state index in [1.54, 1.807) is 6.07 Å². The van der Waals surface area contributed by atoms with E-state index in [1.165, 1.54) is 11.3 Å². The first-order valence-corrected chi connectivity index (χ1v) is 7.85. The van der Waals surface area contributed by atoms with Crippen LogP contribution in [-0.4, -0.2) is 39.1 Å². The zero-order valence-electron chi connectivity index (χ0n) is 13.2. The Morgan fingerprint density at radius 3 is 3.00 bits per heavy atom. The summed E-state index contributed by atoms with van der Waals surface area (Å²) in [5.41, 5.74) is 3.82. The second kappa shape index (κ2) is 6.30. The molecular weight excluding hydrogens is 276 g/mol. The number of carbonyl (C=O) groups is 1. The molecule has 1 N–H and O–H groups in total. The maximum Gasteiger partial charge on any atom is 0.272 e. The van der Waals surface area contributed by atoms with Gasteiger partial charge in [-0.1, -0.05) is 6.07 Å². The highest BCUT2D eigenvalue weighted by atomic mass is 16.2. The van der Waals surface area contributed by atoms with E-state index in [-0.39, 0.29) is 5.91 Å². The molecule has 1 amide bonds. The van der Waals surface area contributed by atoms with Crippen LogP contribution < -0.4 is 0 Å². The molecule has 1 aliphatic rings. The molecule has 2 aromatic heterocycles. The smallest absolute Gasteiger partial charge is 0.272 e. The third-order valence-corrected chi connectivity index (χ3v) is 4.34. The fraction of sp³-hybridized carbons (Fsp3) is 0.471. The highest BCUT2D eigenvalue weighted by molar-refractivity contribution is 5.92. The van der Waals surface area contributed by atoms with Gasteiger partial charge in [-0.3, -0.25) is 9.89 Å². The lowest BCUT2D eigenvalue weighted by molar-refractivity contribution is 0.0666. The second-order valence-corrected chi connectivity index (χ2v) is 6.16. The molecule has 3 rings (SSSR count). The summed E-state index contributed by atoms with van der Waals surface area (Å²) in [4.78, 5) is 18.9. The molecule has 0 unspecified atom stereocenters. The molecule has 1 saturated heterocycles. The van der Waals surface area contributed by atoms with Crippen molar-refractivity contribution in [3.05, 3.63) is 47.0 Å². The van der Waals surface area contributed by atoms with Gasteiger partial charge in [-0.25, -0.2) is 4.98 Å². The van der Waals surface area contributed by atoms with Crippen molar-refractivity contribution in [1.29, 1.82) is 0 Å². The van der Waals surface area contributed by atoms with Crippen molar-refractivity contribution in [1.82, 2.24) is 20.1 Å². The molecule has 1 fully saturated rings. The number of aryl methyl sites for hydroxylation is 2. The lowest BCUT2D eigenvalue weighted by atomic mass is 9.92. The van der Waals surface area contributed by atoms with E-state index < -0.39 is 0 Å². The number of nitrogens with one attached hydrogen (secondary N) is 1. The van der Waals surface area contributed by atoms with Crippen molar-refractivity contribution in [3.63, 3.8) is 0 Å². The van der Waals surface area contributed by atoms with Crippen LogP contribution in [0.4, 0.5) is 0 Å². The molecule has 0 saturated carbocycles. The van der Waals surface area contributed by atoms with Crippen LogP contribution >= 0.6 is 0 Å². The fourth-order valence-corrected chi connectivity index (χ4v) is 3.11. The van der Waals surface area contributed by atoms with E-state index in [2.05, 4.69) is 22.1 Å². The number of aromatic nitrogens is 3. The van der Waals surface area contributed by atoms with Gasteiger partial charge in [0.15, 0.2) is 0 Å². The average molecular weight is 298 g/mol. The van der Waals surface area contributed by atoms with E-state index in [1.807, 2.05) is 30.2 Å². The molecule has 0 radical (unpaired) electrons. The van der Waals surface area contributed by atoms with Crippen molar-refractivity contribution >= 4 is 5.91 Å². The van der Waals surface area contributed by atoms with Gasteiger partial charge in [0, 0.05) is 24.5 Å². The Bertz CT molecular complexity index is 664. The quantitative estimate of drug-likeness (QED) is 0.947. The van der Waals surface area contributed by atoms with Crippen LogP contribution in [-0.2, 0) is 6.42 Å². The SMILES string of the molecule is Cc1cccc(C(=O)N2CCC[C@H](Cc3[nH]ncc3C)C2)n1. The number of hydrogen-bond donors (Lipinski definition) is 1. The Morgan fingerprint density at radius 1 is 1.41 bits per heavy atom. The third kappa shape index (κ3) is 3.18. The molecule has 1 atom stereocenters. The van der Waals surface area contributed by atoms with Gasteiger partial charge >= 0.3 is 0 Å². The Kier molecular flexibility index (Phi) is 4.22. The summed E-state index contributed by atoms with van der Waals surface area (Å²) in [6, 6.07) is 5.61. The first-order chi connectivity index (χ1) is 10.6. The minimum atomic E-state index is 0.0507. The minimum Gasteiger partial charge on any atom is -0.337 e. The molecule has 5 nitrogen and oxygen atoms in total. The Balaban J connectivity index is 1.67. The van der Waals surface area contributed by atoms with Crippen molar-refractivity contribution in [2.24, 2.45) is 5.92 Å². The Hall–Kier alpha value is -2.17. The van der Waals surface area contributed by atoms with Gasteiger partial charge in [-0.15, -0.1) is 0 Å². The summed E-state index contributed by atoms with van der Waals surface area (Å²) >= 11 is 0. The van der Waals surface area contributed by atoms with Crippen molar-refractivity contribution < 1.29 is 4.79 Å². The highest BCUT2D eigenvalue weighted by Crippen LogP contribution is 2.22. The number of rotatable bonds is 3. The van der Waals surface area contributed by atoms with E-state index >= 15 is 0 Å². The number of amides is 1. The molecule has 0 aliphatic carbocycles. The van der Waals surface area contributed by atoms with Crippen LogP contribution in [0.15, 0.2) is 24.4 Å². The van der Waals surface area contributed by atoms with Crippen LogP contribution in [0.2, 0.25) is 0 Å². The third-order valence-electron chi connectivity index (χ3n) is 4.34. The lowest BCUT2D eigenvalue weighted by Gasteiger charge is -2.32. The van der Waals surface area contributed by atoms with Crippen LogP contribution in [0, 0.1) is 19.8 Å². The predicted octanol–water partition coefficient (Wildman–Crippen LogP) is 2.52. The molecular formula is C17H22N4O.